The molecule has 170 valence electrons. The van der Waals surface area contributed by atoms with Crippen molar-refractivity contribution in [2.45, 2.75) is 57.7 Å². The fraction of sp³-hybridized carbons (Fsp3) is 0.429. The molecule has 1 heterocycles. The van der Waals surface area contributed by atoms with Crippen LogP contribution in [0.15, 0.2) is 72.9 Å². The number of aliphatic hydroxyl groups is 1. The molecule has 1 aromatic heterocycles. The molecule has 1 N–H and O–H groups in total. The number of rotatable bonds is 10. The van der Waals surface area contributed by atoms with Gasteiger partial charge in [-0.2, -0.15) is 0 Å². The summed E-state index contributed by atoms with van der Waals surface area (Å²) in [5, 5.41) is 10.9. The molecule has 1 aliphatic rings. The molecule has 1 aliphatic carbocycles. The summed E-state index contributed by atoms with van der Waals surface area (Å²) in [6, 6.07) is 21.4. The van der Waals surface area contributed by atoms with Gasteiger partial charge in [0.25, 0.3) is 0 Å². The van der Waals surface area contributed by atoms with Crippen LogP contribution in [0, 0.1) is 11.7 Å². The Morgan fingerprint density at radius 3 is 2.47 bits per heavy atom. The Kier molecular flexibility index (Phi) is 8.13. The third-order valence-corrected chi connectivity index (χ3v) is 6.63. The van der Waals surface area contributed by atoms with E-state index in [4.69, 9.17) is 0 Å². The maximum Gasteiger partial charge on any atom is 0.128 e. The van der Waals surface area contributed by atoms with Crippen molar-refractivity contribution in [3.8, 4) is 0 Å². The molecule has 4 heteroatoms. The molecule has 0 radical (unpaired) electrons. The van der Waals surface area contributed by atoms with E-state index in [1.807, 2.05) is 42.6 Å². The van der Waals surface area contributed by atoms with Crippen LogP contribution in [-0.4, -0.2) is 33.8 Å². The van der Waals surface area contributed by atoms with Gasteiger partial charge >= 0.3 is 0 Å². The van der Waals surface area contributed by atoms with Crippen molar-refractivity contribution in [3.63, 3.8) is 0 Å². The van der Waals surface area contributed by atoms with Gasteiger partial charge in [-0.25, -0.2) is 4.39 Å². The lowest BCUT2D eigenvalue weighted by molar-refractivity contribution is 0.0915. The molecule has 1 unspecified atom stereocenters. The van der Waals surface area contributed by atoms with Gasteiger partial charge in [0.2, 0.25) is 0 Å². The van der Waals surface area contributed by atoms with Crippen LogP contribution in [0.5, 0.6) is 0 Å². The number of aromatic nitrogens is 1. The Hall–Kier alpha value is -2.43. The first kappa shape index (κ1) is 22.8. The molecule has 0 aliphatic heterocycles. The number of nitrogens with zero attached hydrogens (tertiary/aromatic N) is 2. The molecule has 0 bridgehead atoms. The van der Waals surface area contributed by atoms with Crippen LogP contribution in [0.2, 0.25) is 0 Å². The highest BCUT2D eigenvalue weighted by Crippen LogP contribution is 2.25. The SMILES string of the molecule is OC(Cc1ccccc1)CN(Cc1cccn1Cc1ccccc1F)CC1CCCCC1. The molecule has 4 rings (SSSR count). The largest absolute Gasteiger partial charge is 0.391 e. The topological polar surface area (TPSA) is 28.4 Å². The maximum absolute atomic E-state index is 14.2. The van der Waals surface area contributed by atoms with Gasteiger partial charge in [0.05, 0.1) is 12.6 Å². The Balaban J connectivity index is 1.45. The summed E-state index contributed by atoms with van der Waals surface area (Å²) in [5.41, 5.74) is 3.03. The third-order valence-electron chi connectivity index (χ3n) is 6.63. The Bertz CT molecular complexity index is 949. The molecule has 1 atom stereocenters. The van der Waals surface area contributed by atoms with Crippen molar-refractivity contribution < 1.29 is 9.50 Å². The van der Waals surface area contributed by atoms with Crippen molar-refractivity contribution in [2.75, 3.05) is 13.1 Å². The Morgan fingerprint density at radius 2 is 1.69 bits per heavy atom. The lowest BCUT2D eigenvalue weighted by atomic mass is 9.89. The quantitative estimate of drug-likeness (QED) is 0.446. The van der Waals surface area contributed by atoms with Crippen molar-refractivity contribution in [3.05, 3.63) is 95.6 Å². The van der Waals surface area contributed by atoms with Crippen molar-refractivity contribution >= 4 is 0 Å². The Morgan fingerprint density at radius 1 is 0.938 bits per heavy atom. The summed E-state index contributed by atoms with van der Waals surface area (Å²) in [4.78, 5) is 2.41. The molecule has 1 fully saturated rings. The fourth-order valence-corrected chi connectivity index (χ4v) is 4.97. The minimum absolute atomic E-state index is 0.163. The van der Waals surface area contributed by atoms with Crippen LogP contribution in [0.4, 0.5) is 4.39 Å². The molecule has 32 heavy (non-hydrogen) atoms. The van der Waals surface area contributed by atoms with Crippen LogP contribution in [-0.2, 0) is 19.5 Å². The lowest BCUT2D eigenvalue weighted by Gasteiger charge is -2.31. The highest BCUT2D eigenvalue weighted by atomic mass is 19.1. The summed E-state index contributed by atoms with van der Waals surface area (Å²) in [6.45, 7) is 2.95. The molecule has 0 saturated heterocycles. The first-order valence-electron chi connectivity index (χ1n) is 12.0. The third kappa shape index (κ3) is 6.54. The standard InChI is InChI=1S/C28H35FN2O/c29-28-16-8-7-14-25(28)20-31-17-9-15-26(31)21-30(19-24-12-5-2-6-13-24)22-27(32)18-23-10-3-1-4-11-23/h1,3-4,7-11,14-17,24,27,32H,2,5-6,12-13,18-22H2. The molecular weight excluding hydrogens is 399 g/mol. The monoisotopic (exact) mass is 434 g/mol. The molecule has 0 spiro atoms. The zero-order valence-corrected chi connectivity index (χ0v) is 18.9. The van der Waals surface area contributed by atoms with Crippen LogP contribution in [0.3, 0.4) is 0 Å². The summed E-state index contributed by atoms with van der Waals surface area (Å²) < 4.78 is 16.3. The van der Waals surface area contributed by atoms with Gasteiger partial charge in [-0.1, -0.05) is 67.8 Å². The second kappa shape index (κ2) is 11.4. The number of hydrogen-bond donors (Lipinski definition) is 1. The van der Waals surface area contributed by atoms with Gasteiger partial charge in [0, 0.05) is 37.1 Å². The number of halogens is 1. The first-order valence-corrected chi connectivity index (χ1v) is 12.0. The zero-order valence-electron chi connectivity index (χ0n) is 18.9. The minimum atomic E-state index is -0.407. The highest BCUT2D eigenvalue weighted by Gasteiger charge is 2.21. The van der Waals surface area contributed by atoms with Crippen molar-refractivity contribution in [2.24, 2.45) is 5.92 Å². The van der Waals surface area contributed by atoms with Gasteiger partial charge in [-0.3, -0.25) is 4.90 Å². The van der Waals surface area contributed by atoms with Gasteiger partial charge in [0.15, 0.2) is 0 Å². The smallest absolute Gasteiger partial charge is 0.128 e. The van der Waals surface area contributed by atoms with E-state index in [9.17, 15) is 9.50 Å². The lowest BCUT2D eigenvalue weighted by Crippen LogP contribution is -2.37. The van der Waals surface area contributed by atoms with Crippen molar-refractivity contribution in [1.29, 1.82) is 0 Å². The van der Waals surface area contributed by atoms with Crippen LogP contribution < -0.4 is 0 Å². The Labute approximate surface area is 191 Å². The van der Waals surface area contributed by atoms with Gasteiger partial charge in [0.1, 0.15) is 5.82 Å². The molecule has 1 saturated carbocycles. The predicted octanol–water partition coefficient (Wildman–Crippen LogP) is 5.66. The molecule has 2 aromatic carbocycles. The van der Waals surface area contributed by atoms with E-state index < -0.39 is 6.10 Å². The van der Waals surface area contributed by atoms with Crippen LogP contribution in [0.25, 0.3) is 0 Å². The maximum atomic E-state index is 14.2. The second-order valence-electron chi connectivity index (χ2n) is 9.26. The average Bonchev–Trinajstić information content (AvgIpc) is 3.23. The molecular formula is C28H35FN2O. The number of hydrogen-bond acceptors (Lipinski definition) is 2. The van der Waals surface area contributed by atoms with E-state index in [-0.39, 0.29) is 5.82 Å². The fourth-order valence-electron chi connectivity index (χ4n) is 4.97. The van der Waals surface area contributed by atoms with E-state index in [0.717, 1.165) is 18.8 Å². The van der Waals surface area contributed by atoms with E-state index >= 15 is 0 Å². The van der Waals surface area contributed by atoms with E-state index in [1.54, 1.807) is 6.07 Å². The van der Waals surface area contributed by atoms with E-state index in [0.29, 0.717) is 31.0 Å². The molecule has 0 amide bonds. The van der Waals surface area contributed by atoms with Gasteiger partial charge < -0.3 is 9.67 Å². The molecule has 3 aromatic rings. The summed E-state index contributed by atoms with van der Waals surface area (Å²) in [7, 11) is 0. The van der Waals surface area contributed by atoms with Gasteiger partial charge in [-0.15, -0.1) is 0 Å². The highest BCUT2D eigenvalue weighted by molar-refractivity contribution is 5.20. The summed E-state index contributed by atoms with van der Waals surface area (Å²) in [5.74, 6) is 0.534. The van der Waals surface area contributed by atoms with E-state index in [1.165, 1.54) is 43.7 Å². The van der Waals surface area contributed by atoms with Gasteiger partial charge in [-0.05, 0) is 48.9 Å². The van der Waals surface area contributed by atoms with Crippen molar-refractivity contribution in [1.82, 2.24) is 9.47 Å². The first-order chi connectivity index (χ1) is 15.7. The predicted molar refractivity (Wildman–Crippen MR) is 128 cm³/mol. The van der Waals surface area contributed by atoms with Crippen LogP contribution in [0.1, 0.15) is 48.9 Å². The summed E-state index contributed by atoms with van der Waals surface area (Å²) >= 11 is 0. The minimum Gasteiger partial charge on any atom is -0.391 e. The number of aliphatic hydroxyl groups excluding tert-OH is 1. The summed E-state index contributed by atoms with van der Waals surface area (Å²) in [6.07, 6.45) is 8.82. The average molecular weight is 435 g/mol. The molecule has 3 nitrogen and oxygen atoms in total. The van der Waals surface area contributed by atoms with E-state index in [2.05, 4.69) is 27.7 Å². The normalized spacial score (nSPS) is 15.8. The van der Waals surface area contributed by atoms with Crippen LogP contribution >= 0.6 is 0 Å². The second-order valence-corrected chi connectivity index (χ2v) is 9.26. The zero-order chi connectivity index (χ0) is 22.2. The number of benzene rings is 2.